The summed E-state index contributed by atoms with van der Waals surface area (Å²) in [6.07, 6.45) is 0.734. The smallest absolute Gasteiger partial charge is 0.273 e. The quantitative estimate of drug-likeness (QED) is 0.426. The lowest BCUT2D eigenvalue weighted by Gasteiger charge is -2.27. The monoisotopic (exact) mass is 439 g/mol. The summed E-state index contributed by atoms with van der Waals surface area (Å²) in [5, 5.41) is 17.9. The highest BCUT2D eigenvalue weighted by Gasteiger charge is 2.42. The van der Waals surface area contributed by atoms with E-state index >= 15 is 0 Å². The van der Waals surface area contributed by atoms with Crippen LogP contribution in [0.1, 0.15) is 40.1 Å². The molecule has 0 unspecified atom stereocenters. The molecule has 0 saturated heterocycles. The van der Waals surface area contributed by atoms with Crippen LogP contribution in [0.15, 0.2) is 78.9 Å². The van der Waals surface area contributed by atoms with E-state index in [1.165, 1.54) is 5.56 Å². The summed E-state index contributed by atoms with van der Waals surface area (Å²) in [7, 11) is 0. The van der Waals surface area contributed by atoms with Crippen LogP contribution in [0.2, 0.25) is 0 Å². The van der Waals surface area contributed by atoms with Gasteiger partial charge in [-0.15, -0.1) is 0 Å². The minimum Gasteiger partial charge on any atom is -0.507 e. The summed E-state index contributed by atoms with van der Waals surface area (Å²) in [4.78, 5) is 15.4. The molecule has 1 aliphatic heterocycles. The van der Waals surface area contributed by atoms with E-state index in [1.54, 1.807) is 12.1 Å². The fourth-order valence-electron chi connectivity index (χ4n) is 4.49. The van der Waals surface area contributed by atoms with Gasteiger partial charge in [0, 0.05) is 17.7 Å². The molecule has 0 bridgehead atoms. The predicted octanol–water partition coefficient (Wildman–Crippen LogP) is 4.97. The van der Waals surface area contributed by atoms with Crippen LogP contribution in [0.4, 0.5) is 0 Å². The average Bonchev–Trinajstić information content (AvgIpc) is 3.38. The molecule has 1 aromatic heterocycles. The van der Waals surface area contributed by atoms with Gasteiger partial charge in [0.05, 0.1) is 12.6 Å². The van der Waals surface area contributed by atoms with Crippen LogP contribution < -0.4 is 4.74 Å². The molecule has 2 N–H and O–H groups in total. The first-order valence-electron chi connectivity index (χ1n) is 11.1. The molecular weight excluding hydrogens is 414 g/mol. The van der Waals surface area contributed by atoms with Gasteiger partial charge < -0.3 is 14.7 Å². The standard InChI is InChI=1S/C27H25N3O3/c1-2-33-20-12-8-11-19(17-20)26-23-24(21-13-6-7-14-22(21)31)28-29-25(23)27(32)30(26)16-15-18-9-4-3-5-10-18/h3-14,17,26,31H,2,15-16H2,1H3,(H,28,29)/t26-/m0/s1. The number of phenolic OH excluding ortho intramolecular Hbond substituents is 1. The average molecular weight is 440 g/mol. The number of carbonyl (C=O) groups is 1. The minimum atomic E-state index is -0.343. The second-order valence-electron chi connectivity index (χ2n) is 8.02. The molecule has 4 aromatic rings. The molecular formula is C27H25N3O3. The van der Waals surface area contributed by atoms with Crippen LogP contribution in [-0.4, -0.2) is 39.3 Å². The zero-order valence-electron chi connectivity index (χ0n) is 18.4. The van der Waals surface area contributed by atoms with Crippen LogP contribution in [0, 0.1) is 0 Å². The van der Waals surface area contributed by atoms with Crippen LogP contribution in [-0.2, 0) is 6.42 Å². The van der Waals surface area contributed by atoms with Crippen LogP contribution in [0.5, 0.6) is 11.5 Å². The molecule has 0 aliphatic carbocycles. The number of carbonyl (C=O) groups excluding carboxylic acids is 1. The third kappa shape index (κ3) is 3.84. The summed E-state index contributed by atoms with van der Waals surface area (Å²) >= 11 is 0. The number of fused-ring (bicyclic) bond motifs is 1. The Morgan fingerprint density at radius 2 is 1.82 bits per heavy atom. The number of amides is 1. The Morgan fingerprint density at radius 1 is 1.03 bits per heavy atom. The molecule has 166 valence electrons. The number of hydrogen-bond acceptors (Lipinski definition) is 4. The molecule has 3 aromatic carbocycles. The predicted molar refractivity (Wildman–Crippen MR) is 126 cm³/mol. The molecule has 1 atom stereocenters. The summed E-state index contributed by atoms with van der Waals surface area (Å²) < 4.78 is 5.73. The zero-order chi connectivity index (χ0) is 22.8. The van der Waals surface area contributed by atoms with E-state index < -0.39 is 0 Å². The summed E-state index contributed by atoms with van der Waals surface area (Å²) in [5.41, 5.74) is 4.54. The lowest BCUT2D eigenvalue weighted by atomic mass is 9.95. The Kier molecular flexibility index (Phi) is 5.57. The molecule has 0 spiro atoms. The molecule has 5 rings (SSSR count). The number of phenols is 1. The Morgan fingerprint density at radius 3 is 2.61 bits per heavy atom. The second-order valence-corrected chi connectivity index (χ2v) is 8.02. The number of aromatic nitrogens is 2. The van der Waals surface area contributed by atoms with E-state index in [1.807, 2.05) is 66.4 Å². The van der Waals surface area contributed by atoms with Gasteiger partial charge in [0.1, 0.15) is 22.9 Å². The van der Waals surface area contributed by atoms with Crippen molar-refractivity contribution in [2.75, 3.05) is 13.2 Å². The number of rotatable bonds is 7. The zero-order valence-corrected chi connectivity index (χ0v) is 18.4. The molecule has 0 fully saturated rings. The first-order valence-corrected chi connectivity index (χ1v) is 11.1. The Labute approximate surface area is 192 Å². The minimum absolute atomic E-state index is 0.0954. The van der Waals surface area contributed by atoms with Gasteiger partial charge in [-0.05, 0) is 48.7 Å². The molecule has 2 heterocycles. The highest BCUT2D eigenvalue weighted by molar-refractivity contribution is 6.00. The van der Waals surface area contributed by atoms with Crippen molar-refractivity contribution < 1.29 is 14.6 Å². The largest absolute Gasteiger partial charge is 0.507 e. The number of ether oxygens (including phenoxy) is 1. The van der Waals surface area contributed by atoms with E-state index in [4.69, 9.17) is 4.74 Å². The van der Waals surface area contributed by atoms with E-state index in [9.17, 15) is 9.90 Å². The van der Waals surface area contributed by atoms with Crippen molar-refractivity contribution in [2.24, 2.45) is 0 Å². The highest BCUT2D eigenvalue weighted by Crippen LogP contribution is 2.44. The number of aromatic hydroxyl groups is 1. The Bertz CT molecular complexity index is 1280. The van der Waals surface area contributed by atoms with Gasteiger partial charge in [-0.25, -0.2) is 0 Å². The van der Waals surface area contributed by atoms with E-state index in [-0.39, 0.29) is 17.7 Å². The molecule has 0 radical (unpaired) electrons. The molecule has 6 heteroatoms. The Hall–Kier alpha value is -4.06. The van der Waals surface area contributed by atoms with Crippen molar-refractivity contribution in [2.45, 2.75) is 19.4 Å². The second kappa shape index (κ2) is 8.82. The van der Waals surface area contributed by atoms with Crippen LogP contribution >= 0.6 is 0 Å². The summed E-state index contributed by atoms with van der Waals surface area (Å²) in [6.45, 7) is 3.06. The molecule has 1 aliphatic rings. The maximum Gasteiger partial charge on any atom is 0.273 e. The molecule has 6 nitrogen and oxygen atoms in total. The van der Waals surface area contributed by atoms with Gasteiger partial charge in [0.2, 0.25) is 0 Å². The Balaban J connectivity index is 1.60. The fourth-order valence-corrected chi connectivity index (χ4v) is 4.49. The van der Waals surface area contributed by atoms with Crippen molar-refractivity contribution in [3.63, 3.8) is 0 Å². The maximum absolute atomic E-state index is 13.5. The van der Waals surface area contributed by atoms with E-state index in [0.29, 0.717) is 30.1 Å². The van der Waals surface area contributed by atoms with Gasteiger partial charge in [0.25, 0.3) is 5.91 Å². The van der Waals surface area contributed by atoms with Gasteiger partial charge in [0.15, 0.2) is 0 Å². The highest BCUT2D eigenvalue weighted by atomic mass is 16.5. The molecule has 0 saturated carbocycles. The summed E-state index contributed by atoms with van der Waals surface area (Å²) in [6, 6.07) is 24.7. The number of benzene rings is 3. The van der Waals surface area contributed by atoms with Crippen molar-refractivity contribution in [3.05, 3.63) is 101 Å². The van der Waals surface area contributed by atoms with E-state index in [2.05, 4.69) is 22.3 Å². The number of H-pyrrole nitrogens is 1. The van der Waals surface area contributed by atoms with Crippen LogP contribution in [0.3, 0.4) is 0 Å². The lowest BCUT2D eigenvalue weighted by Crippen LogP contribution is -2.31. The van der Waals surface area contributed by atoms with Gasteiger partial charge in [-0.1, -0.05) is 54.6 Å². The number of nitrogens with one attached hydrogen (secondary N) is 1. The number of aromatic amines is 1. The number of para-hydroxylation sites is 1. The van der Waals surface area contributed by atoms with Crippen LogP contribution in [0.25, 0.3) is 11.3 Å². The topological polar surface area (TPSA) is 78.5 Å². The van der Waals surface area contributed by atoms with Crippen molar-refractivity contribution in [1.82, 2.24) is 15.1 Å². The third-order valence-electron chi connectivity index (χ3n) is 5.99. The third-order valence-corrected chi connectivity index (χ3v) is 5.99. The van der Waals surface area contributed by atoms with Gasteiger partial charge in [-0.2, -0.15) is 5.10 Å². The number of hydrogen-bond donors (Lipinski definition) is 2. The van der Waals surface area contributed by atoms with Crippen molar-refractivity contribution in [3.8, 4) is 22.8 Å². The SMILES string of the molecule is CCOc1cccc([C@H]2c3c(-c4ccccc4O)n[nH]c3C(=O)N2CCc2ccccc2)c1. The van der Waals surface area contributed by atoms with Crippen molar-refractivity contribution >= 4 is 5.91 Å². The summed E-state index contributed by atoms with van der Waals surface area (Å²) in [5.74, 6) is 0.789. The van der Waals surface area contributed by atoms with Gasteiger partial charge in [-0.3, -0.25) is 9.89 Å². The number of nitrogens with zero attached hydrogens (tertiary/aromatic N) is 2. The molecule has 33 heavy (non-hydrogen) atoms. The first kappa shape index (κ1) is 20.8. The normalized spacial score (nSPS) is 15.0. The van der Waals surface area contributed by atoms with E-state index in [0.717, 1.165) is 23.3 Å². The fraction of sp³-hybridized carbons (Fsp3) is 0.185. The van der Waals surface area contributed by atoms with Crippen molar-refractivity contribution in [1.29, 1.82) is 0 Å². The first-order chi connectivity index (χ1) is 16.2. The molecule has 1 amide bonds. The van der Waals surface area contributed by atoms with Gasteiger partial charge >= 0.3 is 0 Å². The lowest BCUT2D eigenvalue weighted by molar-refractivity contribution is 0.0745. The maximum atomic E-state index is 13.5.